The average Bonchev–Trinajstić information content (AvgIpc) is 2.97. The third kappa shape index (κ3) is 7.15. The number of carbonyl (C=O) groups excluding carboxylic acids is 1. The summed E-state index contributed by atoms with van der Waals surface area (Å²) in [6.45, 7) is 6.65. The number of anilines is 1. The Kier molecular flexibility index (Phi) is 8.94. The van der Waals surface area contributed by atoms with E-state index in [1.54, 1.807) is 0 Å². The molecule has 2 aliphatic rings. The molecule has 0 radical (unpaired) electrons. The molecule has 0 aliphatic carbocycles. The van der Waals surface area contributed by atoms with Crippen LogP contribution in [0.25, 0.3) is 0 Å². The zero-order valence-corrected chi connectivity index (χ0v) is 22.4. The first-order valence-corrected chi connectivity index (χ1v) is 13.8. The molecule has 0 spiro atoms. The first-order chi connectivity index (χ1) is 18.6. The van der Waals surface area contributed by atoms with Crippen LogP contribution in [0.5, 0.6) is 5.75 Å². The molecule has 6 heteroatoms. The molecule has 2 fully saturated rings. The number of rotatable bonds is 9. The highest BCUT2D eigenvalue weighted by Gasteiger charge is 2.25. The maximum absolute atomic E-state index is 13.1. The van der Waals surface area contributed by atoms with Crippen LogP contribution in [0, 0.1) is 0 Å². The van der Waals surface area contributed by atoms with Crippen molar-refractivity contribution in [2.24, 2.45) is 0 Å². The summed E-state index contributed by atoms with van der Waals surface area (Å²) >= 11 is 0. The number of nitrogens with zero attached hydrogens (tertiary/aromatic N) is 3. The monoisotopic (exact) mass is 513 g/mol. The van der Waals surface area contributed by atoms with Gasteiger partial charge in [-0.15, -0.1) is 0 Å². The molecule has 0 aromatic heterocycles. The number of morpholine rings is 1. The summed E-state index contributed by atoms with van der Waals surface area (Å²) < 4.78 is 11.8. The SMILES string of the molecule is CN(CCc1ccccc1)Cc1cccc(OC2CCN(C(=O)c3ccc(N4CCOCC4)cc3)CC2)c1. The average molecular weight is 514 g/mol. The largest absolute Gasteiger partial charge is 0.490 e. The summed E-state index contributed by atoms with van der Waals surface area (Å²) in [5, 5.41) is 0. The first kappa shape index (κ1) is 26.3. The fraction of sp³-hybridized carbons (Fsp3) is 0.406. The van der Waals surface area contributed by atoms with Crippen molar-refractivity contribution < 1.29 is 14.3 Å². The van der Waals surface area contributed by atoms with Crippen molar-refractivity contribution in [2.45, 2.75) is 31.9 Å². The molecule has 3 aromatic rings. The van der Waals surface area contributed by atoms with Gasteiger partial charge >= 0.3 is 0 Å². The van der Waals surface area contributed by atoms with E-state index in [1.807, 2.05) is 23.1 Å². The highest BCUT2D eigenvalue weighted by Crippen LogP contribution is 2.23. The number of hydrogen-bond acceptors (Lipinski definition) is 5. The van der Waals surface area contributed by atoms with Gasteiger partial charge in [0.05, 0.1) is 13.2 Å². The molecule has 0 saturated carbocycles. The van der Waals surface area contributed by atoms with Crippen molar-refractivity contribution in [1.82, 2.24) is 9.80 Å². The molecule has 0 bridgehead atoms. The van der Waals surface area contributed by atoms with Crippen LogP contribution in [0.15, 0.2) is 78.9 Å². The van der Waals surface area contributed by atoms with E-state index in [0.717, 1.165) is 88.7 Å². The third-order valence-corrected chi connectivity index (χ3v) is 7.50. The second-order valence-electron chi connectivity index (χ2n) is 10.4. The summed E-state index contributed by atoms with van der Waals surface area (Å²) in [5.74, 6) is 1.03. The lowest BCUT2D eigenvalue weighted by Gasteiger charge is -2.32. The second-order valence-corrected chi connectivity index (χ2v) is 10.4. The molecule has 0 unspecified atom stereocenters. The van der Waals surface area contributed by atoms with Crippen LogP contribution >= 0.6 is 0 Å². The van der Waals surface area contributed by atoms with E-state index in [1.165, 1.54) is 11.1 Å². The summed E-state index contributed by atoms with van der Waals surface area (Å²) in [4.78, 5) is 19.7. The fourth-order valence-corrected chi connectivity index (χ4v) is 5.26. The maximum Gasteiger partial charge on any atom is 0.253 e. The summed E-state index contributed by atoms with van der Waals surface area (Å²) in [6, 6.07) is 27.1. The Hall–Kier alpha value is -3.35. The molecule has 0 atom stereocenters. The van der Waals surface area contributed by atoms with Gasteiger partial charge in [0.2, 0.25) is 0 Å². The molecule has 6 nitrogen and oxygen atoms in total. The van der Waals surface area contributed by atoms with Gasteiger partial charge in [-0.1, -0.05) is 42.5 Å². The number of piperidine rings is 1. The van der Waals surface area contributed by atoms with E-state index in [-0.39, 0.29) is 12.0 Å². The fourth-order valence-electron chi connectivity index (χ4n) is 5.26. The van der Waals surface area contributed by atoms with Gasteiger partial charge in [0.25, 0.3) is 5.91 Å². The molecule has 2 saturated heterocycles. The van der Waals surface area contributed by atoms with Crippen molar-refractivity contribution >= 4 is 11.6 Å². The van der Waals surface area contributed by atoms with Gasteiger partial charge < -0.3 is 24.2 Å². The van der Waals surface area contributed by atoms with Crippen LogP contribution in [0.3, 0.4) is 0 Å². The Balaban J connectivity index is 1.07. The zero-order chi connectivity index (χ0) is 26.2. The van der Waals surface area contributed by atoms with Gasteiger partial charge in [-0.25, -0.2) is 0 Å². The number of amides is 1. The van der Waals surface area contributed by atoms with Crippen LogP contribution in [0.1, 0.15) is 34.3 Å². The summed E-state index contributed by atoms with van der Waals surface area (Å²) in [6.07, 6.45) is 2.87. The van der Waals surface area contributed by atoms with E-state index in [9.17, 15) is 4.79 Å². The predicted octanol–water partition coefficient (Wildman–Crippen LogP) is 4.88. The van der Waals surface area contributed by atoms with Gasteiger partial charge in [0.1, 0.15) is 11.9 Å². The lowest BCUT2D eigenvalue weighted by atomic mass is 10.1. The Morgan fingerprint density at radius 2 is 1.61 bits per heavy atom. The van der Waals surface area contributed by atoms with Crippen molar-refractivity contribution in [2.75, 3.05) is 57.9 Å². The number of likely N-dealkylation sites (tertiary alicyclic amines) is 1. The van der Waals surface area contributed by atoms with Crippen molar-refractivity contribution in [1.29, 1.82) is 0 Å². The third-order valence-electron chi connectivity index (χ3n) is 7.50. The molecule has 3 aromatic carbocycles. The standard InChI is InChI=1S/C32H39N3O3/c1-33(17-14-26-6-3-2-4-7-26)25-27-8-5-9-31(24-27)38-30-15-18-35(19-16-30)32(36)28-10-12-29(13-11-28)34-20-22-37-23-21-34/h2-13,24,30H,14-23,25H2,1H3. The van der Waals surface area contributed by atoms with Crippen LogP contribution in [-0.2, 0) is 17.7 Å². The van der Waals surface area contributed by atoms with Crippen LogP contribution in [-0.4, -0.2) is 74.8 Å². The Bertz CT molecular complexity index is 1150. The minimum atomic E-state index is 0.109. The van der Waals surface area contributed by atoms with Gasteiger partial charge in [-0.05, 0) is 61.0 Å². The maximum atomic E-state index is 13.1. The van der Waals surface area contributed by atoms with Crippen molar-refractivity contribution in [3.63, 3.8) is 0 Å². The van der Waals surface area contributed by atoms with Gasteiger partial charge in [-0.3, -0.25) is 4.79 Å². The van der Waals surface area contributed by atoms with Crippen molar-refractivity contribution in [3.05, 3.63) is 95.6 Å². The number of ether oxygens (including phenoxy) is 2. The lowest BCUT2D eigenvalue weighted by molar-refractivity contribution is 0.0595. The second kappa shape index (κ2) is 12.9. The van der Waals surface area contributed by atoms with Gasteiger partial charge in [0, 0.05) is 63.4 Å². The quantitative estimate of drug-likeness (QED) is 0.408. The number of likely N-dealkylation sites (N-methyl/N-ethyl adjacent to an activating group) is 1. The van der Waals surface area contributed by atoms with E-state index in [2.05, 4.69) is 77.5 Å². The molecule has 200 valence electrons. The molecule has 2 heterocycles. The zero-order valence-electron chi connectivity index (χ0n) is 22.4. The van der Waals surface area contributed by atoms with Gasteiger partial charge in [0.15, 0.2) is 0 Å². The lowest BCUT2D eigenvalue weighted by Crippen LogP contribution is -2.41. The van der Waals surface area contributed by atoms with Crippen LogP contribution < -0.4 is 9.64 Å². The van der Waals surface area contributed by atoms with Gasteiger partial charge in [-0.2, -0.15) is 0 Å². The predicted molar refractivity (Wildman–Crippen MR) is 152 cm³/mol. The molecule has 0 N–H and O–H groups in total. The highest BCUT2D eigenvalue weighted by atomic mass is 16.5. The molecular formula is C32H39N3O3. The minimum absolute atomic E-state index is 0.109. The van der Waals surface area contributed by atoms with E-state index in [4.69, 9.17) is 9.47 Å². The van der Waals surface area contributed by atoms with Crippen LogP contribution in [0.4, 0.5) is 5.69 Å². The summed E-state index contributed by atoms with van der Waals surface area (Å²) in [7, 11) is 2.17. The summed E-state index contributed by atoms with van der Waals surface area (Å²) in [5.41, 5.74) is 4.53. The molecule has 2 aliphatic heterocycles. The number of carbonyl (C=O) groups is 1. The van der Waals surface area contributed by atoms with E-state index in [0.29, 0.717) is 0 Å². The normalized spacial score (nSPS) is 16.6. The smallest absolute Gasteiger partial charge is 0.253 e. The number of hydrogen-bond donors (Lipinski definition) is 0. The Morgan fingerprint density at radius 1 is 0.895 bits per heavy atom. The Labute approximate surface area is 226 Å². The number of benzene rings is 3. The van der Waals surface area contributed by atoms with E-state index >= 15 is 0 Å². The molecular weight excluding hydrogens is 474 g/mol. The van der Waals surface area contributed by atoms with Crippen molar-refractivity contribution in [3.8, 4) is 5.75 Å². The Morgan fingerprint density at radius 3 is 2.34 bits per heavy atom. The molecule has 5 rings (SSSR count). The minimum Gasteiger partial charge on any atom is -0.490 e. The topological polar surface area (TPSA) is 45.2 Å². The van der Waals surface area contributed by atoms with Crippen LogP contribution in [0.2, 0.25) is 0 Å². The molecule has 38 heavy (non-hydrogen) atoms. The van der Waals surface area contributed by atoms with E-state index < -0.39 is 0 Å². The first-order valence-electron chi connectivity index (χ1n) is 13.8. The highest BCUT2D eigenvalue weighted by molar-refractivity contribution is 5.94. The molecule has 1 amide bonds.